The summed E-state index contributed by atoms with van der Waals surface area (Å²) in [6, 6.07) is 19.2. The fraction of sp³-hybridized carbons (Fsp3) is 0.0526. The van der Waals surface area contributed by atoms with E-state index in [1.807, 2.05) is 71.4 Å². The molecule has 0 fully saturated rings. The third kappa shape index (κ3) is 2.99. The molecule has 0 amide bonds. The first kappa shape index (κ1) is 14.6. The molecule has 0 aliphatic carbocycles. The van der Waals surface area contributed by atoms with Gasteiger partial charge in [0.2, 0.25) is 0 Å². The van der Waals surface area contributed by atoms with Gasteiger partial charge >= 0.3 is 0 Å². The summed E-state index contributed by atoms with van der Waals surface area (Å²) in [5.41, 5.74) is 2.93. The number of aromatic nitrogens is 2. The smallest absolute Gasteiger partial charge is 0.164 e. The first-order chi connectivity index (χ1) is 11.3. The van der Waals surface area contributed by atoms with Crippen LogP contribution >= 0.6 is 0 Å². The molecule has 4 heteroatoms. The zero-order valence-corrected chi connectivity index (χ0v) is 12.4. The molecule has 0 spiro atoms. The lowest BCUT2D eigenvalue weighted by molar-refractivity contribution is 0.319. The molecule has 0 radical (unpaired) electrons. The Hall–Kier alpha value is -3.32. The Morgan fingerprint density at radius 1 is 1.09 bits per heavy atom. The van der Waals surface area contributed by atoms with Crippen LogP contribution in [0.2, 0.25) is 0 Å². The third-order valence-electron chi connectivity index (χ3n) is 3.47. The van der Waals surface area contributed by atoms with Crippen LogP contribution in [-0.2, 0) is 6.54 Å². The van der Waals surface area contributed by atoms with E-state index in [4.69, 9.17) is 6.42 Å². The van der Waals surface area contributed by atoms with E-state index in [1.165, 1.54) is 0 Å². The van der Waals surface area contributed by atoms with E-state index in [9.17, 15) is 5.21 Å². The van der Waals surface area contributed by atoms with Crippen molar-refractivity contribution in [2.45, 2.75) is 6.54 Å². The lowest BCUT2D eigenvalue weighted by Crippen LogP contribution is -2.12. The zero-order valence-electron chi connectivity index (χ0n) is 12.4. The Labute approximate surface area is 134 Å². The predicted octanol–water partition coefficient (Wildman–Crippen LogP) is 3.41. The van der Waals surface area contributed by atoms with Crippen LogP contribution in [0.15, 0.2) is 72.0 Å². The molecule has 3 rings (SSSR count). The minimum atomic E-state index is 0.348. The van der Waals surface area contributed by atoms with Gasteiger partial charge in [0.1, 0.15) is 0 Å². The Morgan fingerprint density at radius 2 is 1.74 bits per heavy atom. The Bertz CT molecular complexity index is 859. The molecular weight excluding hydrogens is 286 g/mol. The summed E-state index contributed by atoms with van der Waals surface area (Å²) in [5.74, 6) is 3.14. The zero-order chi connectivity index (χ0) is 16.1. The second kappa shape index (κ2) is 6.63. The summed E-state index contributed by atoms with van der Waals surface area (Å²) < 4.78 is 1.81. The number of hydrogen-bond acceptors (Lipinski definition) is 3. The van der Waals surface area contributed by atoms with Gasteiger partial charge in [0, 0.05) is 17.3 Å². The maximum atomic E-state index is 9.49. The Morgan fingerprint density at radius 3 is 2.35 bits per heavy atom. The van der Waals surface area contributed by atoms with Crippen molar-refractivity contribution in [2.24, 2.45) is 5.16 Å². The number of hydrogen-bond donors (Lipinski definition) is 1. The number of nitrogens with zero attached hydrogens (tertiary/aromatic N) is 3. The van der Waals surface area contributed by atoms with E-state index in [-0.39, 0.29) is 0 Å². The summed E-state index contributed by atoms with van der Waals surface area (Å²) in [6.45, 7) is 0.348. The maximum absolute atomic E-state index is 9.49. The molecule has 0 saturated heterocycles. The Balaban J connectivity index is 2.11. The van der Waals surface area contributed by atoms with Gasteiger partial charge in [0.15, 0.2) is 11.5 Å². The monoisotopic (exact) mass is 301 g/mol. The highest BCUT2D eigenvalue weighted by Crippen LogP contribution is 2.20. The van der Waals surface area contributed by atoms with Gasteiger partial charge in [-0.3, -0.25) is 0 Å². The molecule has 1 N–H and O–H groups in total. The van der Waals surface area contributed by atoms with Crippen LogP contribution in [0.1, 0.15) is 11.4 Å². The molecule has 112 valence electrons. The maximum Gasteiger partial charge on any atom is 0.164 e. The molecule has 0 atom stereocenters. The van der Waals surface area contributed by atoms with Gasteiger partial charge in [-0.25, -0.2) is 4.98 Å². The van der Waals surface area contributed by atoms with E-state index in [1.54, 1.807) is 0 Å². The van der Waals surface area contributed by atoms with Gasteiger partial charge in [-0.05, 0) is 0 Å². The second-order valence-electron chi connectivity index (χ2n) is 4.96. The summed E-state index contributed by atoms with van der Waals surface area (Å²) in [4.78, 5) is 4.62. The molecule has 0 unspecified atom stereocenters. The quantitative estimate of drug-likeness (QED) is 0.347. The fourth-order valence-electron chi connectivity index (χ4n) is 2.40. The van der Waals surface area contributed by atoms with Crippen LogP contribution < -0.4 is 0 Å². The molecule has 4 nitrogen and oxygen atoms in total. The van der Waals surface area contributed by atoms with E-state index in [0.717, 1.165) is 16.8 Å². The van der Waals surface area contributed by atoms with Gasteiger partial charge in [0.25, 0.3) is 0 Å². The van der Waals surface area contributed by atoms with Crippen LogP contribution in [0.5, 0.6) is 0 Å². The SMILES string of the molecule is C#CCn1cc(-c2ccccc2)nc1C(=NO)c1ccccc1. The van der Waals surface area contributed by atoms with E-state index >= 15 is 0 Å². The van der Waals surface area contributed by atoms with Crippen LogP contribution in [-0.4, -0.2) is 20.5 Å². The summed E-state index contributed by atoms with van der Waals surface area (Å²) in [5, 5.41) is 12.9. The summed E-state index contributed by atoms with van der Waals surface area (Å²) in [6.07, 6.45) is 7.33. The van der Waals surface area contributed by atoms with Crippen LogP contribution in [0.25, 0.3) is 11.3 Å². The molecule has 23 heavy (non-hydrogen) atoms. The highest BCUT2D eigenvalue weighted by atomic mass is 16.4. The second-order valence-corrected chi connectivity index (χ2v) is 4.96. The molecular formula is C19H15N3O. The molecule has 0 aliphatic rings. The average Bonchev–Trinajstić information content (AvgIpc) is 3.02. The molecule has 3 aromatic rings. The Kier molecular flexibility index (Phi) is 4.21. The van der Waals surface area contributed by atoms with Crippen molar-refractivity contribution in [1.29, 1.82) is 0 Å². The number of oxime groups is 1. The number of rotatable bonds is 4. The number of terminal acetylenes is 1. The standard InChI is InChI=1S/C19H15N3O/c1-2-13-22-14-17(15-9-5-3-6-10-15)20-19(22)18(21-23)16-11-7-4-8-12-16/h1,3-12,14,23H,13H2. The lowest BCUT2D eigenvalue weighted by Gasteiger charge is -2.06. The van der Waals surface area contributed by atoms with Gasteiger partial charge in [-0.1, -0.05) is 71.7 Å². The van der Waals surface area contributed by atoms with Crippen LogP contribution in [0.3, 0.4) is 0 Å². The predicted molar refractivity (Wildman–Crippen MR) is 90.4 cm³/mol. The van der Waals surface area contributed by atoms with Crippen molar-refractivity contribution >= 4 is 5.71 Å². The highest BCUT2D eigenvalue weighted by molar-refractivity contribution is 6.10. The summed E-state index contributed by atoms with van der Waals surface area (Å²) >= 11 is 0. The normalized spacial score (nSPS) is 11.2. The van der Waals surface area contributed by atoms with Gasteiger partial charge in [0.05, 0.1) is 12.2 Å². The average molecular weight is 301 g/mol. The first-order valence-electron chi connectivity index (χ1n) is 7.17. The van der Waals surface area contributed by atoms with Crippen molar-refractivity contribution in [2.75, 3.05) is 0 Å². The van der Waals surface area contributed by atoms with Crippen molar-refractivity contribution in [3.63, 3.8) is 0 Å². The number of imidazole rings is 1. The van der Waals surface area contributed by atoms with Crippen molar-refractivity contribution in [3.05, 3.63) is 78.2 Å². The molecule has 0 aliphatic heterocycles. The van der Waals surface area contributed by atoms with E-state index in [2.05, 4.69) is 16.1 Å². The topological polar surface area (TPSA) is 50.4 Å². The highest BCUT2D eigenvalue weighted by Gasteiger charge is 2.16. The molecule has 1 aromatic heterocycles. The van der Waals surface area contributed by atoms with Gasteiger partial charge in [-0.15, -0.1) is 6.42 Å². The van der Waals surface area contributed by atoms with Crippen molar-refractivity contribution in [3.8, 4) is 23.6 Å². The third-order valence-corrected chi connectivity index (χ3v) is 3.47. The first-order valence-corrected chi connectivity index (χ1v) is 7.17. The molecule has 2 aromatic carbocycles. The van der Waals surface area contributed by atoms with E-state index in [0.29, 0.717) is 18.1 Å². The summed E-state index contributed by atoms with van der Waals surface area (Å²) in [7, 11) is 0. The molecule has 0 bridgehead atoms. The minimum absolute atomic E-state index is 0.348. The molecule has 1 heterocycles. The van der Waals surface area contributed by atoms with Crippen molar-refractivity contribution < 1.29 is 5.21 Å². The largest absolute Gasteiger partial charge is 0.410 e. The van der Waals surface area contributed by atoms with Gasteiger partial charge < -0.3 is 9.77 Å². The van der Waals surface area contributed by atoms with E-state index < -0.39 is 0 Å². The minimum Gasteiger partial charge on any atom is -0.410 e. The number of benzene rings is 2. The molecule has 0 saturated carbocycles. The van der Waals surface area contributed by atoms with Crippen LogP contribution in [0.4, 0.5) is 0 Å². The van der Waals surface area contributed by atoms with Crippen LogP contribution in [0, 0.1) is 12.3 Å². The van der Waals surface area contributed by atoms with Crippen molar-refractivity contribution in [1.82, 2.24) is 9.55 Å². The fourth-order valence-corrected chi connectivity index (χ4v) is 2.40. The van der Waals surface area contributed by atoms with Gasteiger partial charge in [-0.2, -0.15) is 0 Å². The lowest BCUT2D eigenvalue weighted by atomic mass is 10.1.